The predicted octanol–water partition coefficient (Wildman–Crippen LogP) is 2.41. The van der Waals surface area contributed by atoms with E-state index < -0.39 is 0 Å². The van der Waals surface area contributed by atoms with Gasteiger partial charge in [0.05, 0.1) is 0 Å². The van der Waals surface area contributed by atoms with E-state index in [0.29, 0.717) is 5.96 Å². The molecule has 0 aliphatic heterocycles. The molecular weight excluding hydrogens is 389 g/mol. The SMILES string of the molecule is CCCN=C(N)NCCc1nccn1Cc1ccccc1.I. The van der Waals surface area contributed by atoms with Crippen LogP contribution < -0.4 is 11.1 Å². The second-order valence-corrected chi connectivity index (χ2v) is 4.90. The third-order valence-electron chi connectivity index (χ3n) is 3.16. The van der Waals surface area contributed by atoms with Crippen molar-refractivity contribution in [2.45, 2.75) is 26.3 Å². The van der Waals surface area contributed by atoms with Crippen molar-refractivity contribution in [3.05, 3.63) is 54.1 Å². The summed E-state index contributed by atoms with van der Waals surface area (Å²) >= 11 is 0. The van der Waals surface area contributed by atoms with Gasteiger partial charge in [-0.05, 0) is 12.0 Å². The van der Waals surface area contributed by atoms with Crippen LogP contribution in [0, 0.1) is 0 Å². The Hall–Kier alpha value is -1.57. The molecule has 1 aromatic heterocycles. The van der Waals surface area contributed by atoms with E-state index in [0.717, 1.165) is 38.3 Å². The molecule has 0 aliphatic carbocycles. The normalized spacial score (nSPS) is 11.0. The van der Waals surface area contributed by atoms with Gasteiger partial charge in [0.15, 0.2) is 5.96 Å². The van der Waals surface area contributed by atoms with E-state index in [2.05, 4.69) is 51.0 Å². The summed E-state index contributed by atoms with van der Waals surface area (Å²) in [4.78, 5) is 8.62. The predicted molar refractivity (Wildman–Crippen MR) is 102 cm³/mol. The van der Waals surface area contributed by atoms with Crippen molar-refractivity contribution in [3.63, 3.8) is 0 Å². The molecule has 0 bridgehead atoms. The average molecular weight is 413 g/mol. The minimum absolute atomic E-state index is 0. The van der Waals surface area contributed by atoms with E-state index in [1.165, 1.54) is 5.56 Å². The summed E-state index contributed by atoms with van der Waals surface area (Å²) < 4.78 is 2.16. The summed E-state index contributed by atoms with van der Waals surface area (Å²) in [6.45, 7) is 4.43. The lowest BCUT2D eigenvalue weighted by molar-refractivity contribution is 0.699. The fourth-order valence-corrected chi connectivity index (χ4v) is 2.08. The van der Waals surface area contributed by atoms with Crippen molar-refractivity contribution in [2.24, 2.45) is 10.7 Å². The number of nitrogens with two attached hydrogens (primary N) is 1. The highest BCUT2D eigenvalue weighted by molar-refractivity contribution is 14.0. The van der Waals surface area contributed by atoms with Gasteiger partial charge in [0.2, 0.25) is 0 Å². The van der Waals surface area contributed by atoms with E-state index in [9.17, 15) is 0 Å². The van der Waals surface area contributed by atoms with Crippen molar-refractivity contribution in [2.75, 3.05) is 13.1 Å². The average Bonchev–Trinajstić information content (AvgIpc) is 2.93. The molecule has 6 heteroatoms. The molecule has 2 aromatic rings. The van der Waals surface area contributed by atoms with Crippen molar-refractivity contribution in [3.8, 4) is 0 Å². The number of rotatable bonds is 7. The molecule has 0 aliphatic rings. The van der Waals surface area contributed by atoms with Crippen LogP contribution >= 0.6 is 24.0 Å². The van der Waals surface area contributed by atoms with Gasteiger partial charge in [-0.3, -0.25) is 4.99 Å². The molecule has 0 fully saturated rings. The zero-order valence-corrected chi connectivity index (χ0v) is 15.2. The maximum atomic E-state index is 5.77. The number of nitrogens with one attached hydrogen (secondary N) is 1. The fraction of sp³-hybridized carbons (Fsp3) is 0.375. The molecular formula is C16H24IN5. The van der Waals surface area contributed by atoms with Crippen LogP contribution in [0.3, 0.4) is 0 Å². The second kappa shape index (κ2) is 10.2. The van der Waals surface area contributed by atoms with Gasteiger partial charge in [0, 0.05) is 38.4 Å². The molecule has 2 rings (SSSR count). The third-order valence-corrected chi connectivity index (χ3v) is 3.16. The standard InChI is InChI=1S/C16H23N5.HI/c1-2-9-19-16(17)20-10-8-15-18-11-12-21(15)13-14-6-4-3-5-7-14;/h3-7,11-12H,2,8-10,13H2,1H3,(H3,17,19,20);1H. The number of nitrogens with zero attached hydrogens (tertiary/aromatic N) is 3. The summed E-state index contributed by atoms with van der Waals surface area (Å²) in [5, 5.41) is 3.12. The summed E-state index contributed by atoms with van der Waals surface area (Å²) in [6.07, 6.45) is 5.68. The quantitative estimate of drug-likeness (QED) is 0.416. The number of imidazole rings is 1. The molecule has 120 valence electrons. The van der Waals surface area contributed by atoms with Gasteiger partial charge in [-0.25, -0.2) is 4.98 Å². The van der Waals surface area contributed by atoms with Crippen LogP contribution in [0.4, 0.5) is 0 Å². The highest BCUT2D eigenvalue weighted by Crippen LogP contribution is 2.05. The first-order valence-electron chi connectivity index (χ1n) is 7.37. The van der Waals surface area contributed by atoms with Crippen LogP contribution in [0.1, 0.15) is 24.7 Å². The topological polar surface area (TPSA) is 68.2 Å². The number of guanidine groups is 1. The second-order valence-electron chi connectivity index (χ2n) is 4.90. The molecule has 0 radical (unpaired) electrons. The largest absolute Gasteiger partial charge is 0.370 e. The van der Waals surface area contributed by atoms with Crippen LogP contribution in [0.2, 0.25) is 0 Å². The van der Waals surface area contributed by atoms with Gasteiger partial charge in [0.1, 0.15) is 5.82 Å². The monoisotopic (exact) mass is 413 g/mol. The molecule has 1 heterocycles. The number of hydrogen-bond acceptors (Lipinski definition) is 2. The summed E-state index contributed by atoms with van der Waals surface area (Å²) in [6, 6.07) is 10.4. The first-order chi connectivity index (χ1) is 10.3. The first-order valence-corrected chi connectivity index (χ1v) is 7.37. The summed E-state index contributed by atoms with van der Waals surface area (Å²) in [7, 11) is 0. The van der Waals surface area contributed by atoms with Crippen molar-refractivity contribution in [1.82, 2.24) is 14.9 Å². The minimum Gasteiger partial charge on any atom is -0.370 e. The highest BCUT2D eigenvalue weighted by atomic mass is 127. The Kier molecular flexibility index (Phi) is 8.57. The van der Waals surface area contributed by atoms with Gasteiger partial charge in [-0.2, -0.15) is 0 Å². The first kappa shape index (κ1) is 18.5. The Morgan fingerprint density at radius 2 is 2.09 bits per heavy atom. The van der Waals surface area contributed by atoms with Crippen LogP contribution in [0.15, 0.2) is 47.7 Å². The van der Waals surface area contributed by atoms with Crippen LogP contribution in [0.25, 0.3) is 0 Å². The molecule has 22 heavy (non-hydrogen) atoms. The molecule has 0 saturated carbocycles. The number of aromatic nitrogens is 2. The molecule has 0 amide bonds. The summed E-state index contributed by atoms with van der Waals surface area (Å²) in [5.41, 5.74) is 7.04. The van der Waals surface area contributed by atoms with Crippen LogP contribution in [-0.4, -0.2) is 28.6 Å². The van der Waals surface area contributed by atoms with Crippen LogP contribution in [0.5, 0.6) is 0 Å². The highest BCUT2D eigenvalue weighted by Gasteiger charge is 2.03. The molecule has 0 unspecified atom stereocenters. The number of halogens is 1. The van der Waals surface area contributed by atoms with Gasteiger partial charge in [-0.15, -0.1) is 24.0 Å². The number of aliphatic imine (C=N–C) groups is 1. The molecule has 5 nitrogen and oxygen atoms in total. The third kappa shape index (κ3) is 6.05. The number of hydrogen-bond donors (Lipinski definition) is 2. The van der Waals surface area contributed by atoms with E-state index in [1.54, 1.807) is 0 Å². The zero-order valence-electron chi connectivity index (χ0n) is 12.9. The van der Waals surface area contributed by atoms with E-state index in [-0.39, 0.29) is 24.0 Å². The smallest absolute Gasteiger partial charge is 0.188 e. The minimum atomic E-state index is 0. The number of benzene rings is 1. The molecule has 0 spiro atoms. The Morgan fingerprint density at radius 3 is 2.82 bits per heavy atom. The van der Waals surface area contributed by atoms with E-state index in [1.807, 2.05) is 18.5 Å². The Labute approximate surface area is 149 Å². The van der Waals surface area contributed by atoms with Gasteiger partial charge in [0.25, 0.3) is 0 Å². The van der Waals surface area contributed by atoms with Gasteiger partial charge >= 0.3 is 0 Å². The molecule has 0 saturated heterocycles. The van der Waals surface area contributed by atoms with Crippen LogP contribution in [-0.2, 0) is 13.0 Å². The van der Waals surface area contributed by atoms with Crippen molar-refractivity contribution < 1.29 is 0 Å². The maximum Gasteiger partial charge on any atom is 0.188 e. The lowest BCUT2D eigenvalue weighted by Crippen LogP contribution is -2.33. The van der Waals surface area contributed by atoms with Gasteiger partial charge in [-0.1, -0.05) is 37.3 Å². The Morgan fingerprint density at radius 1 is 1.32 bits per heavy atom. The van der Waals surface area contributed by atoms with E-state index in [4.69, 9.17) is 5.73 Å². The summed E-state index contributed by atoms with van der Waals surface area (Å²) in [5.74, 6) is 1.56. The van der Waals surface area contributed by atoms with E-state index >= 15 is 0 Å². The van der Waals surface area contributed by atoms with Gasteiger partial charge < -0.3 is 15.6 Å². The van der Waals surface area contributed by atoms with Crippen molar-refractivity contribution >= 4 is 29.9 Å². The Balaban J connectivity index is 0.00000242. The lowest BCUT2D eigenvalue weighted by atomic mass is 10.2. The molecule has 0 atom stereocenters. The molecule has 1 aromatic carbocycles. The molecule has 3 N–H and O–H groups in total. The zero-order chi connectivity index (χ0) is 14.9. The Bertz CT molecular complexity index is 565. The van der Waals surface area contributed by atoms with Crippen molar-refractivity contribution in [1.29, 1.82) is 0 Å². The lowest BCUT2D eigenvalue weighted by Gasteiger charge is -2.09. The fourth-order valence-electron chi connectivity index (χ4n) is 2.08. The maximum absolute atomic E-state index is 5.77.